The summed E-state index contributed by atoms with van der Waals surface area (Å²) in [5.41, 5.74) is 2.04. The third kappa shape index (κ3) is 4.40. The Bertz CT molecular complexity index is 1050. The van der Waals surface area contributed by atoms with Gasteiger partial charge in [-0.05, 0) is 42.8 Å². The van der Waals surface area contributed by atoms with Crippen LogP contribution in [0, 0.1) is 0 Å². The Kier molecular flexibility index (Phi) is 6.61. The SMILES string of the molecule is COc1ccc(C(=O)CCCNC(=O)c2cc3cc(OC)c(OC)cc3n2C)cc1. The zero-order valence-electron chi connectivity index (χ0n) is 17.7. The van der Waals surface area contributed by atoms with Gasteiger partial charge < -0.3 is 24.1 Å². The minimum atomic E-state index is -0.191. The molecule has 0 fully saturated rings. The summed E-state index contributed by atoms with van der Waals surface area (Å²) in [7, 11) is 6.57. The van der Waals surface area contributed by atoms with Crippen LogP contribution in [-0.2, 0) is 7.05 Å². The quantitative estimate of drug-likeness (QED) is 0.431. The molecule has 0 bridgehead atoms. The second kappa shape index (κ2) is 9.35. The Labute approximate surface area is 175 Å². The van der Waals surface area contributed by atoms with Crippen molar-refractivity contribution in [2.24, 2.45) is 7.05 Å². The van der Waals surface area contributed by atoms with E-state index in [1.807, 2.05) is 29.8 Å². The number of hydrogen-bond donors (Lipinski definition) is 1. The van der Waals surface area contributed by atoms with Gasteiger partial charge in [0, 0.05) is 37.0 Å². The molecule has 0 saturated heterocycles. The van der Waals surface area contributed by atoms with Crippen molar-refractivity contribution in [2.45, 2.75) is 12.8 Å². The molecule has 1 heterocycles. The van der Waals surface area contributed by atoms with Gasteiger partial charge in [0.2, 0.25) is 0 Å². The number of fused-ring (bicyclic) bond motifs is 1. The lowest BCUT2D eigenvalue weighted by molar-refractivity contribution is 0.0932. The summed E-state index contributed by atoms with van der Waals surface area (Å²) >= 11 is 0. The molecule has 0 saturated carbocycles. The van der Waals surface area contributed by atoms with Gasteiger partial charge in [0.05, 0.1) is 26.8 Å². The Morgan fingerprint density at radius 1 is 0.933 bits per heavy atom. The molecule has 1 amide bonds. The fraction of sp³-hybridized carbons (Fsp3) is 0.304. The number of ketones is 1. The number of aromatic nitrogens is 1. The zero-order valence-corrected chi connectivity index (χ0v) is 17.7. The number of carbonyl (C=O) groups excluding carboxylic acids is 2. The van der Waals surface area contributed by atoms with Crippen LogP contribution in [0.5, 0.6) is 17.2 Å². The van der Waals surface area contributed by atoms with Crippen molar-refractivity contribution in [3.05, 3.63) is 53.7 Å². The highest BCUT2D eigenvalue weighted by Crippen LogP contribution is 2.33. The van der Waals surface area contributed by atoms with E-state index in [2.05, 4.69) is 5.32 Å². The van der Waals surface area contributed by atoms with Gasteiger partial charge in [0.1, 0.15) is 11.4 Å². The molecule has 7 nitrogen and oxygen atoms in total. The first kappa shape index (κ1) is 21.2. The van der Waals surface area contributed by atoms with Gasteiger partial charge in [-0.3, -0.25) is 9.59 Å². The maximum absolute atomic E-state index is 12.6. The normalized spacial score (nSPS) is 10.7. The largest absolute Gasteiger partial charge is 0.497 e. The average molecular weight is 410 g/mol. The lowest BCUT2D eigenvalue weighted by Crippen LogP contribution is -2.26. The predicted octanol–water partition coefficient (Wildman–Crippen LogP) is 3.60. The predicted molar refractivity (Wildman–Crippen MR) is 115 cm³/mol. The molecule has 0 aliphatic heterocycles. The number of Topliss-reactive ketones (excluding diaryl/α,β-unsaturated/α-hetero) is 1. The smallest absolute Gasteiger partial charge is 0.267 e. The van der Waals surface area contributed by atoms with Crippen LogP contribution in [0.25, 0.3) is 10.9 Å². The van der Waals surface area contributed by atoms with Gasteiger partial charge in [-0.2, -0.15) is 0 Å². The summed E-state index contributed by atoms with van der Waals surface area (Å²) in [4.78, 5) is 24.9. The van der Waals surface area contributed by atoms with E-state index >= 15 is 0 Å². The third-order valence-corrected chi connectivity index (χ3v) is 5.06. The molecule has 1 aromatic heterocycles. The lowest BCUT2D eigenvalue weighted by Gasteiger charge is -2.09. The van der Waals surface area contributed by atoms with Crippen molar-refractivity contribution in [1.82, 2.24) is 9.88 Å². The highest BCUT2D eigenvalue weighted by molar-refractivity contribution is 5.99. The summed E-state index contributed by atoms with van der Waals surface area (Å²) in [5, 5.41) is 3.77. The molecule has 0 aliphatic carbocycles. The Balaban J connectivity index is 1.60. The number of nitrogens with zero attached hydrogens (tertiary/aromatic N) is 1. The van der Waals surface area contributed by atoms with E-state index in [-0.39, 0.29) is 11.7 Å². The zero-order chi connectivity index (χ0) is 21.7. The first-order valence-electron chi connectivity index (χ1n) is 9.65. The van der Waals surface area contributed by atoms with Gasteiger partial charge in [-0.1, -0.05) is 0 Å². The molecule has 1 N–H and O–H groups in total. The first-order valence-corrected chi connectivity index (χ1v) is 9.65. The molecular formula is C23H26N2O5. The highest BCUT2D eigenvalue weighted by Gasteiger charge is 2.16. The number of nitrogens with one attached hydrogen (secondary N) is 1. The fourth-order valence-electron chi connectivity index (χ4n) is 3.34. The third-order valence-electron chi connectivity index (χ3n) is 5.06. The molecule has 0 atom stereocenters. The number of carbonyl (C=O) groups is 2. The lowest BCUT2D eigenvalue weighted by atomic mass is 10.1. The van der Waals surface area contributed by atoms with Crippen molar-refractivity contribution in [1.29, 1.82) is 0 Å². The second-order valence-electron chi connectivity index (χ2n) is 6.87. The number of aryl methyl sites for hydroxylation is 1. The van der Waals surface area contributed by atoms with Crippen LogP contribution < -0.4 is 19.5 Å². The Morgan fingerprint density at radius 2 is 1.60 bits per heavy atom. The molecule has 0 radical (unpaired) electrons. The monoisotopic (exact) mass is 410 g/mol. The summed E-state index contributed by atoms with van der Waals surface area (Å²) in [6.45, 7) is 0.412. The van der Waals surface area contributed by atoms with E-state index in [1.54, 1.807) is 45.6 Å². The van der Waals surface area contributed by atoms with Crippen LogP contribution in [0.3, 0.4) is 0 Å². The molecule has 0 spiro atoms. The van der Waals surface area contributed by atoms with Gasteiger partial charge in [0.15, 0.2) is 17.3 Å². The maximum Gasteiger partial charge on any atom is 0.267 e. The van der Waals surface area contributed by atoms with Gasteiger partial charge in [0.25, 0.3) is 5.91 Å². The van der Waals surface area contributed by atoms with E-state index in [9.17, 15) is 9.59 Å². The first-order chi connectivity index (χ1) is 14.5. The van der Waals surface area contributed by atoms with E-state index in [0.717, 1.165) is 10.9 Å². The number of hydrogen-bond acceptors (Lipinski definition) is 5. The van der Waals surface area contributed by atoms with Crippen LogP contribution >= 0.6 is 0 Å². The maximum atomic E-state index is 12.6. The number of rotatable bonds is 9. The van der Waals surface area contributed by atoms with Crippen LogP contribution in [-0.4, -0.2) is 44.1 Å². The molecule has 3 aromatic rings. The van der Waals surface area contributed by atoms with Gasteiger partial charge >= 0.3 is 0 Å². The second-order valence-corrected chi connectivity index (χ2v) is 6.87. The standard InChI is InChI=1S/C23H26N2O5/c1-25-18-14-22(30-4)21(29-3)13-16(18)12-19(25)23(27)24-11-5-6-20(26)15-7-9-17(28-2)10-8-15/h7-10,12-14H,5-6,11H2,1-4H3,(H,24,27). The minimum Gasteiger partial charge on any atom is -0.497 e. The van der Waals surface area contributed by atoms with Crippen molar-refractivity contribution >= 4 is 22.6 Å². The molecule has 0 aliphatic rings. The Morgan fingerprint density at radius 3 is 2.23 bits per heavy atom. The summed E-state index contributed by atoms with van der Waals surface area (Å²) < 4.78 is 17.6. The average Bonchev–Trinajstić information content (AvgIpc) is 3.10. The van der Waals surface area contributed by atoms with Crippen molar-refractivity contribution in [2.75, 3.05) is 27.9 Å². The summed E-state index contributed by atoms with van der Waals surface area (Å²) in [6.07, 6.45) is 0.915. The highest BCUT2D eigenvalue weighted by atomic mass is 16.5. The molecule has 0 unspecified atom stereocenters. The van der Waals surface area contributed by atoms with Crippen LogP contribution in [0.1, 0.15) is 33.7 Å². The van der Waals surface area contributed by atoms with E-state index in [1.165, 1.54) is 0 Å². The molecule has 3 rings (SSSR count). The van der Waals surface area contributed by atoms with Crippen molar-refractivity contribution < 1.29 is 23.8 Å². The molecule has 30 heavy (non-hydrogen) atoms. The molecule has 2 aromatic carbocycles. The van der Waals surface area contributed by atoms with E-state index in [4.69, 9.17) is 14.2 Å². The molecule has 7 heteroatoms. The number of ether oxygens (including phenoxy) is 3. The fourth-order valence-corrected chi connectivity index (χ4v) is 3.34. The van der Waals surface area contributed by atoms with E-state index in [0.29, 0.717) is 47.9 Å². The molecule has 158 valence electrons. The van der Waals surface area contributed by atoms with Gasteiger partial charge in [-0.15, -0.1) is 0 Å². The summed E-state index contributed by atoms with van der Waals surface area (Å²) in [5.74, 6) is 1.78. The van der Waals surface area contributed by atoms with Crippen LogP contribution in [0.4, 0.5) is 0 Å². The summed E-state index contributed by atoms with van der Waals surface area (Å²) in [6, 6.07) is 12.5. The molecular weight excluding hydrogens is 384 g/mol. The number of methoxy groups -OCH3 is 3. The van der Waals surface area contributed by atoms with E-state index < -0.39 is 0 Å². The number of benzene rings is 2. The van der Waals surface area contributed by atoms with Crippen molar-refractivity contribution in [3.8, 4) is 17.2 Å². The van der Waals surface area contributed by atoms with Gasteiger partial charge in [-0.25, -0.2) is 0 Å². The number of amides is 1. The van der Waals surface area contributed by atoms with Crippen LogP contribution in [0.15, 0.2) is 42.5 Å². The van der Waals surface area contributed by atoms with Crippen molar-refractivity contribution in [3.63, 3.8) is 0 Å². The topological polar surface area (TPSA) is 78.8 Å². The minimum absolute atomic E-state index is 0.0377. The Hall–Kier alpha value is -3.48. The van der Waals surface area contributed by atoms with Crippen LogP contribution in [0.2, 0.25) is 0 Å².